The number of halogens is 1. The number of nitrogens with zero attached hydrogens (tertiary/aromatic N) is 3. The van der Waals surface area contributed by atoms with Gasteiger partial charge in [-0.2, -0.15) is 0 Å². The van der Waals surface area contributed by atoms with Crippen LogP contribution in [-0.2, 0) is 11.3 Å². The van der Waals surface area contributed by atoms with Crippen molar-refractivity contribution in [1.82, 2.24) is 15.1 Å². The van der Waals surface area contributed by atoms with E-state index >= 15 is 0 Å². The Labute approximate surface area is 129 Å². The minimum atomic E-state index is -0.753. The van der Waals surface area contributed by atoms with Crippen molar-refractivity contribution in [3.63, 3.8) is 0 Å². The normalized spacial score (nSPS) is 22.8. The van der Waals surface area contributed by atoms with Crippen LogP contribution in [0.15, 0.2) is 25.6 Å². The van der Waals surface area contributed by atoms with Crippen molar-refractivity contribution in [2.75, 3.05) is 13.1 Å². The Morgan fingerprint density at radius 3 is 2.86 bits per heavy atom. The van der Waals surface area contributed by atoms with Gasteiger partial charge in [-0.05, 0) is 34.0 Å². The lowest BCUT2D eigenvalue weighted by Crippen LogP contribution is -2.23. The highest BCUT2D eigenvalue weighted by molar-refractivity contribution is 9.10. The van der Waals surface area contributed by atoms with Gasteiger partial charge >= 0.3 is 5.97 Å². The van der Waals surface area contributed by atoms with Crippen LogP contribution in [-0.4, -0.2) is 39.3 Å². The van der Waals surface area contributed by atoms with Crippen molar-refractivity contribution in [1.29, 1.82) is 0 Å². The Bertz CT molecular complexity index is 653. The van der Waals surface area contributed by atoms with Crippen LogP contribution < -0.4 is 0 Å². The first kappa shape index (κ1) is 14.3. The highest BCUT2D eigenvalue weighted by atomic mass is 79.9. The average Bonchev–Trinajstić information content (AvgIpc) is 3.10. The van der Waals surface area contributed by atoms with Crippen LogP contribution >= 0.6 is 15.9 Å². The summed E-state index contributed by atoms with van der Waals surface area (Å²) in [6.07, 6.45) is 0. The number of aromatic nitrogens is 2. The maximum atomic E-state index is 11.1. The summed E-state index contributed by atoms with van der Waals surface area (Å²) in [5.41, 5.74) is 0. The number of furan rings is 1. The highest BCUT2D eigenvalue weighted by Gasteiger charge is 2.35. The first-order chi connectivity index (χ1) is 10.0. The Morgan fingerprint density at radius 1 is 1.43 bits per heavy atom. The molecule has 2 aromatic rings. The minimum absolute atomic E-state index is 0.117. The Kier molecular flexibility index (Phi) is 3.81. The van der Waals surface area contributed by atoms with Gasteiger partial charge in [0.1, 0.15) is 0 Å². The van der Waals surface area contributed by atoms with E-state index in [-0.39, 0.29) is 11.8 Å². The zero-order chi connectivity index (χ0) is 15.0. The van der Waals surface area contributed by atoms with Crippen LogP contribution in [0.4, 0.5) is 0 Å². The molecule has 0 amide bonds. The molecule has 1 fully saturated rings. The molecule has 3 heterocycles. The molecule has 0 aliphatic carbocycles. The van der Waals surface area contributed by atoms with E-state index in [1.54, 1.807) is 12.1 Å². The van der Waals surface area contributed by atoms with E-state index in [0.29, 0.717) is 41.8 Å². The second kappa shape index (κ2) is 5.61. The summed E-state index contributed by atoms with van der Waals surface area (Å²) in [4.78, 5) is 13.1. The van der Waals surface area contributed by atoms with Crippen molar-refractivity contribution in [2.24, 2.45) is 11.8 Å². The van der Waals surface area contributed by atoms with Crippen molar-refractivity contribution in [2.45, 2.75) is 13.5 Å². The maximum absolute atomic E-state index is 11.1. The van der Waals surface area contributed by atoms with E-state index < -0.39 is 5.97 Å². The Balaban J connectivity index is 1.67. The lowest BCUT2D eigenvalue weighted by molar-refractivity contribution is -0.142. The molecule has 1 saturated heterocycles. The molecule has 3 rings (SSSR count). The molecule has 21 heavy (non-hydrogen) atoms. The van der Waals surface area contributed by atoms with Crippen molar-refractivity contribution < 1.29 is 18.7 Å². The molecule has 0 radical (unpaired) electrons. The molecule has 8 heteroatoms. The highest BCUT2D eigenvalue weighted by Crippen LogP contribution is 2.26. The molecule has 0 aromatic carbocycles. The molecular formula is C13H14BrN3O4. The second-order valence-electron chi connectivity index (χ2n) is 5.22. The van der Waals surface area contributed by atoms with Crippen molar-refractivity contribution in [3.8, 4) is 11.7 Å². The van der Waals surface area contributed by atoms with Gasteiger partial charge in [0.05, 0.1) is 12.5 Å². The third-order valence-electron chi connectivity index (χ3n) is 3.61. The summed E-state index contributed by atoms with van der Waals surface area (Å²) in [7, 11) is 0. The minimum Gasteiger partial charge on any atom is -0.481 e. The van der Waals surface area contributed by atoms with Gasteiger partial charge in [0.2, 0.25) is 5.89 Å². The fourth-order valence-electron chi connectivity index (χ4n) is 2.56. The number of hydrogen-bond acceptors (Lipinski definition) is 6. The predicted octanol–water partition coefficient (Wildman–Crippen LogP) is 2.24. The summed E-state index contributed by atoms with van der Waals surface area (Å²) in [6.45, 7) is 3.60. The van der Waals surface area contributed by atoms with E-state index in [0.717, 1.165) is 0 Å². The quantitative estimate of drug-likeness (QED) is 0.898. The number of hydrogen-bond donors (Lipinski definition) is 1. The summed E-state index contributed by atoms with van der Waals surface area (Å²) < 4.78 is 11.5. The molecule has 1 aliphatic heterocycles. The fourth-order valence-corrected chi connectivity index (χ4v) is 2.86. The maximum Gasteiger partial charge on any atom is 0.308 e. The number of carbonyl (C=O) groups is 1. The SMILES string of the molecule is C[C@@H]1CN(Cc2nnc(-c3ccc(Br)o3)o2)C[C@H]1C(=O)O. The third kappa shape index (κ3) is 3.01. The summed E-state index contributed by atoms with van der Waals surface area (Å²) >= 11 is 3.21. The molecule has 1 N–H and O–H groups in total. The van der Waals surface area contributed by atoms with E-state index in [9.17, 15) is 4.79 Å². The Hall–Kier alpha value is -1.67. The van der Waals surface area contributed by atoms with E-state index in [2.05, 4.69) is 26.1 Å². The monoisotopic (exact) mass is 355 g/mol. The lowest BCUT2D eigenvalue weighted by Gasteiger charge is -2.11. The van der Waals surface area contributed by atoms with Crippen LogP contribution in [0.3, 0.4) is 0 Å². The third-order valence-corrected chi connectivity index (χ3v) is 4.04. The van der Waals surface area contributed by atoms with Gasteiger partial charge in [0.25, 0.3) is 5.89 Å². The molecule has 7 nitrogen and oxygen atoms in total. The molecule has 2 atom stereocenters. The first-order valence-corrected chi connectivity index (χ1v) is 7.35. The number of likely N-dealkylation sites (tertiary alicyclic amines) is 1. The van der Waals surface area contributed by atoms with Gasteiger partial charge < -0.3 is 13.9 Å². The van der Waals surface area contributed by atoms with Gasteiger partial charge in [-0.1, -0.05) is 6.92 Å². The largest absolute Gasteiger partial charge is 0.481 e. The zero-order valence-electron chi connectivity index (χ0n) is 11.3. The van der Waals surface area contributed by atoms with Crippen LogP contribution in [0.2, 0.25) is 0 Å². The van der Waals surface area contributed by atoms with Crippen LogP contribution in [0.1, 0.15) is 12.8 Å². The Morgan fingerprint density at radius 2 is 2.24 bits per heavy atom. The molecule has 0 saturated carbocycles. The number of rotatable bonds is 4. The molecular weight excluding hydrogens is 342 g/mol. The standard InChI is InChI=1S/C13H14BrN3O4/c1-7-4-17(5-8(7)13(18)19)6-11-15-16-12(21-11)9-2-3-10(14)20-9/h2-3,7-8H,4-6H2,1H3,(H,18,19)/t7-,8-/m1/s1. The molecule has 0 bridgehead atoms. The van der Waals surface area contributed by atoms with Gasteiger partial charge in [-0.25, -0.2) is 0 Å². The lowest BCUT2D eigenvalue weighted by atomic mass is 9.99. The molecule has 2 aromatic heterocycles. The zero-order valence-corrected chi connectivity index (χ0v) is 12.9. The van der Waals surface area contributed by atoms with Crippen LogP contribution in [0.5, 0.6) is 0 Å². The fraction of sp³-hybridized carbons (Fsp3) is 0.462. The van der Waals surface area contributed by atoms with Crippen molar-refractivity contribution in [3.05, 3.63) is 22.7 Å². The van der Waals surface area contributed by atoms with E-state index in [1.807, 2.05) is 11.8 Å². The predicted molar refractivity (Wildman–Crippen MR) is 75.3 cm³/mol. The van der Waals surface area contributed by atoms with Gasteiger partial charge in [0, 0.05) is 13.1 Å². The summed E-state index contributed by atoms with van der Waals surface area (Å²) in [6, 6.07) is 3.48. The number of carboxylic acids is 1. The molecule has 112 valence electrons. The van der Waals surface area contributed by atoms with Crippen LogP contribution in [0.25, 0.3) is 11.7 Å². The first-order valence-electron chi connectivity index (χ1n) is 6.56. The number of aliphatic carboxylic acids is 1. The summed E-state index contributed by atoms with van der Waals surface area (Å²) in [5.74, 6) is 0.295. The van der Waals surface area contributed by atoms with Gasteiger partial charge in [-0.3, -0.25) is 9.69 Å². The molecule has 0 unspecified atom stereocenters. The van der Waals surface area contributed by atoms with E-state index in [1.165, 1.54) is 0 Å². The van der Waals surface area contributed by atoms with E-state index in [4.69, 9.17) is 13.9 Å². The number of carboxylic acid groups (broad SMARTS) is 1. The molecule has 1 aliphatic rings. The van der Waals surface area contributed by atoms with Gasteiger partial charge in [-0.15, -0.1) is 10.2 Å². The van der Waals surface area contributed by atoms with Crippen molar-refractivity contribution >= 4 is 21.9 Å². The summed E-state index contributed by atoms with van der Waals surface area (Å²) in [5, 5.41) is 17.0. The second-order valence-corrected chi connectivity index (χ2v) is 6.00. The van der Waals surface area contributed by atoms with Crippen LogP contribution in [0, 0.1) is 11.8 Å². The topological polar surface area (TPSA) is 92.6 Å². The average molecular weight is 356 g/mol. The smallest absolute Gasteiger partial charge is 0.308 e. The molecule has 0 spiro atoms. The van der Waals surface area contributed by atoms with Gasteiger partial charge in [0.15, 0.2) is 10.4 Å².